The highest BCUT2D eigenvalue weighted by Gasteiger charge is 2.10. The minimum Gasteiger partial charge on any atom is -0.291 e. The summed E-state index contributed by atoms with van der Waals surface area (Å²) in [5.41, 5.74) is 1.02. The van der Waals surface area contributed by atoms with Crippen molar-refractivity contribution >= 4 is 16.9 Å². The molecule has 2 aromatic rings. The normalized spacial score (nSPS) is 10.5. The van der Waals surface area contributed by atoms with E-state index in [1.54, 1.807) is 6.07 Å². The molecule has 4 heteroatoms. The van der Waals surface area contributed by atoms with Gasteiger partial charge >= 0.3 is 5.97 Å². The molecule has 0 aliphatic rings. The summed E-state index contributed by atoms with van der Waals surface area (Å²) in [6.45, 7) is 2.45. The van der Waals surface area contributed by atoms with Crippen LogP contribution in [0.25, 0.3) is 10.9 Å². The lowest BCUT2D eigenvalue weighted by Crippen LogP contribution is -2.08. The minimum absolute atomic E-state index is 0.255. The van der Waals surface area contributed by atoms with E-state index in [0.29, 0.717) is 6.61 Å². The first-order chi connectivity index (χ1) is 8.81. The minimum atomic E-state index is -0.558. The number of carbonyl (C=O) groups excluding carboxylic acids is 1. The molecular weight excluding hydrogens is 230 g/mol. The first kappa shape index (κ1) is 12.5. The van der Waals surface area contributed by atoms with Crippen LogP contribution in [-0.4, -0.2) is 17.6 Å². The summed E-state index contributed by atoms with van der Waals surface area (Å²) in [5, 5.41) is 0.987. The number of para-hydroxylation sites is 1. The predicted molar refractivity (Wildman–Crippen MR) is 68.0 cm³/mol. The molecule has 0 aliphatic carbocycles. The summed E-state index contributed by atoms with van der Waals surface area (Å²) in [4.78, 5) is 25.4. The number of hydrogen-bond acceptors (Lipinski definition) is 4. The number of pyridine rings is 1. The Balaban J connectivity index is 2.04. The first-order valence-corrected chi connectivity index (χ1v) is 6.01. The third-order valence-electron chi connectivity index (χ3n) is 2.52. The van der Waals surface area contributed by atoms with E-state index in [1.165, 1.54) is 0 Å². The number of hydrogen-bond donors (Lipinski definition) is 0. The average Bonchev–Trinajstić information content (AvgIpc) is 2.43. The highest BCUT2D eigenvalue weighted by Crippen LogP contribution is 2.12. The SMILES string of the molecule is CCCCOOC(=O)c1ccc2ccccc2n1. The molecule has 2 rings (SSSR count). The molecule has 0 bridgehead atoms. The second-order valence-electron chi connectivity index (χ2n) is 3.94. The molecule has 0 unspecified atom stereocenters. The summed E-state index contributed by atoms with van der Waals surface area (Å²) in [6.07, 6.45) is 1.85. The van der Waals surface area contributed by atoms with Crippen LogP contribution >= 0.6 is 0 Å². The van der Waals surface area contributed by atoms with Gasteiger partial charge in [-0.1, -0.05) is 37.6 Å². The maximum atomic E-state index is 11.6. The van der Waals surface area contributed by atoms with Crippen LogP contribution in [0.3, 0.4) is 0 Å². The van der Waals surface area contributed by atoms with Gasteiger partial charge < -0.3 is 0 Å². The number of rotatable bonds is 5. The van der Waals surface area contributed by atoms with E-state index in [0.717, 1.165) is 23.7 Å². The average molecular weight is 245 g/mol. The van der Waals surface area contributed by atoms with Crippen molar-refractivity contribution in [1.82, 2.24) is 4.98 Å². The lowest BCUT2D eigenvalue weighted by atomic mass is 10.2. The van der Waals surface area contributed by atoms with Gasteiger partial charge in [-0.05, 0) is 18.6 Å². The number of unbranched alkanes of at least 4 members (excludes halogenated alkanes) is 1. The van der Waals surface area contributed by atoms with E-state index in [9.17, 15) is 4.79 Å². The molecule has 0 saturated heterocycles. The van der Waals surface area contributed by atoms with Crippen molar-refractivity contribution in [3.8, 4) is 0 Å². The molecule has 0 amide bonds. The van der Waals surface area contributed by atoms with E-state index < -0.39 is 5.97 Å². The van der Waals surface area contributed by atoms with E-state index in [1.807, 2.05) is 37.3 Å². The van der Waals surface area contributed by atoms with E-state index in [2.05, 4.69) is 9.87 Å². The molecule has 94 valence electrons. The zero-order chi connectivity index (χ0) is 12.8. The van der Waals surface area contributed by atoms with Crippen LogP contribution in [0.5, 0.6) is 0 Å². The first-order valence-electron chi connectivity index (χ1n) is 6.01. The Labute approximate surface area is 105 Å². The van der Waals surface area contributed by atoms with Gasteiger partial charge in [0.2, 0.25) is 0 Å². The quantitative estimate of drug-likeness (QED) is 0.461. The lowest BCUT2D eigenvalue weighted by molar-refractivity contribution is -0.241. The molecule has 1 aromatic heterocycles. The van der Waals surface area contributed by atoms with Crippen LogP contribution in [0, 0.1) is 0 Å². The number of benzene rings is 1. The van der Waals surface area contributed by atoms with Crippen molar-refractivity contribution in [2.75, 3.05) is 6.61 Å². The van der Waals surface area contributed by atoms with Crippen LogP contribution in [0.1, 0.15) is 30.3 Å². The van der Waals surface area contributed by atoms with Crippen molar-refractivity contribution in [3.05, 3.63) is 42.1 Å². The Kier molecular flexibility index (Phi) is 4.25. The molecule has 0 atom stereocenters. The molecule has 1 heterocycles. The Bertz CT molecular complexity index is 539. The zero-order valence-corrected chi connectivity index (χ0v) is 10.3. The van der Waals surface area contributed by atoms with Crippen molar-refractivity contribution in [2.24, 2.45) is 0 Å². The standard InChI is InChI=1S/C14H15NO3/c1-2-3-10-17-18-14(16)13-9-8-11-6-4-5-7-12(11)15-13/h4-9H,2-3,10H2,1H3. The van der Waals surface area contributed by atoms with E-state index >= 15 is 0 Å². The lowest BCUT2D eigenvalue weighted by Gasteiger charge is -2.03. The summed E-state index contributed by atoms with van der Waals surface area (Å²) in [5.74, 6) is -0.558. The number of aromatic nitrogens is 1. The summed E-state index contributed by atoms with van der Waals surface area (Å²) in [6, 6.07) is 11.1. The fourth-order valence-electron chi connectivity index (χ4n) is 1.52. The van der Waals surface area contributed by atoms with Crippen molar-refractivity contribution in [3.63, 3.8) is 0 Å². The van der Waals surface area contributed by atoms with Gasteiger partial charge in [0.15, 0.2) is 5.69 Å². The monoisotopic (exact) mass is 245 g/mol. The van der Waals surface area contributed by atoms with Crippen LogP contribution in [-0.2, 0) is 9.78 Å². The highest BCUT2D eigenvalue weighted by molar-refractivity contribution is 5.90. The van der Waals surface area contributed by atoms with Crippen LogP contribution in [0.15, 0.2) is 36.4 Å². The van der Waals surface area contributed by atoms with E-state index in [4.69, 9.17) is 4.89 Å². The van der Waals surface area contributed by atoms with Gasteiger partial charge in [0, 0.05) is 5.39 Å². The molecule has 0 radical (unpaired) electrons. The number of nitrogens with zero attached hydrogens (tertiary/aromatic N) is 1. The van der Waals surface area contributed by atoms with Crippen LogP contribution in [0.4, 0.5) is 0 Å². The molecule has 0 aliphatic heterocycles. The topological polar surface area (TPSA) is 48.4 Å². The maximum absolute atomic E-state index is 11.6. The fraction of sp³-hybridized carbons (Fsp3) is 0.286. The predicted octanol–water partition coefficient (Wildman–Crippen LogP) is 3.12. The van der Waals surface area contributed by atoms with Gasteiger partial charge in [0.25, 0.3) is 0 Å². The Morgan fingerprint density at radius 1 is 1.22 bits per heavy atom. The number of carbonyl (C=O) groups is 1. The summed E-state index contributed by atoms with van der Waals surface area (Å²) >= 11 is 0. The molecule has 1 aromatic carbocycles. The molecule has 0 N–H and O–H groups in total. The van der Waals surface area contributed by atoms with Gasteiger partial charge in [0.05, 0.1) is 12.1 Å². The highest BCUT2D eigenvalue weighted by atomic mass is 17.2. The summed E-state index contributed by atoms with van der Waals surface area (Å²) < 4.78 is 0. The molecule has 4 nitrogen and oxygen atoms in total. The molecule has 18 heavy (non-hydrogen) atoms. The fourth-order valence-corrected chi connectivity index (χ4v) is 1.52. The molecule has 0 fully saturated rings. The van der Waals surface area contributed by atoms with Gasteiger partial charge in [-0.25, -0.2) is 9.78 Å². The van der Waals surface area contributed by atoms with Crippen molar-refractivity contribution in [1.29, 1.82) is 0 Å². The Morgan fingerprint density at radius 3 is 2.89 bits per heavy atom. The number of fused-ring (bicyclic) bond motifs is 1. The van der Waals surface area contributed by atoms with Crippen LogP contribution < -0.4 is 0 Å². The zero-order valence-electron chi connectivity index (χ0n) is 10.3. The van der Waals surface area contributed by atoms with Crippen molar-refractivity contribution in [2.45, 2.75) is 19.8 Å². The largest absolute Gasteiger partial charge is 0.391 e. The summed E-state index contributed by atoms with van der Waals surface area (Å²) in [7, 11) is 0. The van der Waals surface area contributed by atoms with Crippen LogP contribution in [0.2, 0.25) is 0 Å². The maximum Gasteiger partial charge on any atom is 0.391 e. The Hall–Kier alpha value is -1.94. The van der Waals surface area contributed by atoms with Crippen molar-refractivity contribution < 1.29 is 14.6 Å². The van der Waals surface area contributed by atoms with Gasteiger partial charge in [-0.15, -0.1) is 0 Å². The molecular formula is C14H15NO3. The second-order valence-corrected chi connectivity index (χ2v) is 3.94. The van der Waals surface area contributed by atoms with Gasteiger partial charge in [0.1, 0.15) is 0 Å². The third kappa shape index (κ3) is 3.05. The smallest absolute Gasteiger partial charge is 0.291 e. The van der Waals surface area contributed by atoms with E-state index in [-0.39, 0.29) is 5.69 Å². The third-order valence-corrected chi connectivity index (χ3v) is 2.52. The Morgan fingerprint density at radius 2 is 2.06 bits per heavy atom. The molecule has 0 saturated carbocycles. The molecule has 0 spiro atoms. The van der Waals surface area contributed by atoms with Gasteiger partial charge in [-0.2, -0.15) is 4.89 Å². The second kappa shape index (κ2) is 6.12. The van der Waals surface area contributed by atoms with Gasteiger partial charge in [-0.3, -0.25) is 4.89 Å².